The van der Waals surface area contributed by atoms with E-state index in [-0.39, 0.29) is 12.5 Å². The van der Waals surface area contributed by atoms with Crippen molar-refractivity contribution in [3.8, 4) is 0 Å². The molecule has 1 aromatic heterocycles. The van der Waals surface area contributed by atoms with Crippen molar-refractivity contribution in [3.05, 3.63) is 27.0 Å². The molecule has 0 radical (unpaired) electrons. The van der Waals surface area contributed by atoms with Gasteiger partial charge in [0, 0.05) is 16.2 Å². The van der Waals surface area contributed by atoms with Crippen LogP contribution >= 0.6 is 11.3 Å². The quantitative estimate of drug-likeness (QED) is 0.898. The first kappa shape index (κ1) is 12.3. The maximum absolute atomic E-state index is 10.8. The summed E-state index contributed by atoms with van der Waals surface area (Å²) in [7, 11) is 0. The van der Waals surface area contributed by atoms with Crippen LogP contribution < -0.4 is 0 Å². The number of fused-ring (bicyclic) bond motifs is 1. The van der Waals surface area contributed by atoms with Crippen LogP contribution in [0.5, 0.6) is 0 Å². The molecule has 2 rings (SSSR count). The summed E-state index contributed by atoms with van der Waals surface area (Å²) in [5.74, 6) is -0.808. The molecule has 0 saturated carbocycles. The highest BCUT2D eigenvalue weighted by Crippen LogP contribution is 2.36. The molecule has 1 unspecified atom stereocenters. The topological polar surface area (TPSA) is 46.5 Å². The fourth-order valence-electron chi connectivity index (χ4n) is 2.00. The van der Waals surface area contributed by atoms with E-state index in [1.807, 2.05) is 0 Å². The third-order valence-electron chi connectivity index (χ3n) is 2.65. The predicted molar refractivity (Wildman–Crippen MR) is 68.3 cm³/mol. The van der Waals surface area contributed by atoms with Gasteiger partial charge < -0.3 is 9.84 Å². The Morgan fingerprint density at radius 1 is 1.65 bits per heavy atom. The zero-order chi connectivity index (χ0) is 12.4. The molecule has 1 aliphatic heterocycles. The molecule has 17 heavy (non-hydrogen) atoms. The second-order valence-electron chi connectivity index (χ2n) is 4.46. The minimum absolute atomic E-state index is 0.0536. The van der Waals surface area contributed by atoms with Gasteiger partial charge in [0.15, 0.2) is 0 Å². The Kier molecular flexibility index (Phi) is 3.64. The SMILES string of the molecule is CC(C)=Cc1cc2c(s1)CCOC2CC(=O)O. The Balaban J connectivity index is 2.28. The molecule has 1 atom stereocenters. The highest BCUT2D eigenvalue weighted by atomic mass is 32.1. The molecular formula is C13H16O3S. The molecule has 1 aromatic rings. The first-order valence-electron chi connectivity index (χ1n) is 5.67. The fraction of sp³-hybridized carbons (Fsp3) is 0.462. The van der Waals surface area contributed by atoms with E-state index in [0.717, 1.165) is 12.0 Å². The van der Waals surface area contributed by atoms with E-state index >= 15 is 0 Å². The molecule has 4 heteroatoms. The van der Waals surface area contributed by atoms with Gasteiger partial charge in [-0.25, -0.2) is 0 Å². The van der Waals surface area contributed by atoms with Crippen molar-refractivity contribution in [2.75, 3.05) is 6.61 Å². The van der Waals surface area contributed by atoms with Crippen molar-refractivity contribution >= 4 is 23.4 Å². The lowest BCUT2D eigenvalue weighted by Crippen LogP contribution is -2.17. The molecule has 3 nitrogen and oxygen atoms in total. The average molecular weight is 252 g/mol. The summed E-state index contributed by atoms with van der Waals surface area (Å²) in [6.07, 6.45) is 2.80. The van der Waals surface area contributed by atoms with Gasteiger partial charge in [0.2, 0.25) is 0 Å². The Labute approximate surface area is 105 Å². The lowest BCUT2D eigenvalue weighted by atomic mass is 10.0. The minimum Gasteiger partial charge on any atom is -0.481 e. The normalized spacial score (nSPS) is 18.6. The van der Waals surface area contributed by atoms with Gasteiger partial charge in [-0.1, -0.05) is 5.57 Å². The molecule has 0 aliphatic carbocycles. The Morgan fingerprint density at radius 3 is 3.06 bits per heavy atom. The maximum atomic E-state index is 10.8. The number of hydrogen-bond acceptors (Lipinski definition) is 3. The van der Waals surface area contributed by atoms with Gasteiger partial charge in [-0.05, 0) is 31.6 Å². The van der Waals surface area contributed by atoms with Crippen LogP contribution in [0.4, 0.5) is 0 Å². The number of aliphatic carboxylic acids is 1. The van der Waals surface area contributed by atoms with Crippen molar-refractivity contribution in [1.29, 1.82) is 0 Å². The summed E-state index contributed by atoms with van der Waals surface area (Å²) >= 11 is 1.75. The van der Waals surface area contributed by atoms with Crippen molar-refractivity contribution in [1.82, 2.24) is 0 Å². The van der Waals surface area contributed by atoms with Gasteiger partial charge in [-0.3, -0.25) is 4.79 Å². The molecule has 2 heterocycles. The highest BCUT2D eigenvalue weighted by molar-refractivity contribution is 7.13. The number of allylic oxidation sites excluding steroid dienone is 1. The second-order valence-corrected chi connectivity index (χ2v) is 5.62. The number of carbonyl (C=O) groups is 1. The lowest BCUT2D eigenvalue weighted by molar-refractivity contribution is -0.140. The number of hydrogen-bond donors (Lipinski definition) is 1. The number of carboxylic acid groups (broad SMARTS) is 1. The van der Waals surface area contributed by atoms with Crippen LogP contribution in [0.2, 0.25) is 0 Å². The van der Waals surface area contributed by atoms with Crippen molar-refractivity contribution in [3.63, 3.8) is 0 Å². The van der Waals surface area contributed by atoms with Crippen LogP contribution in [-0.2, 0) is 16.0 Å². The van der Waals surface area contributed by atoms with E-state index in [4.69, 9.17) is 9.84 Å². The van der Waals surface area contributed by atoms with Crippen molar-refractivity contribution in [2.45, 2.75) is 32.8 Å². The first-order valence-corrected chi connectivity index (χ1v) is 6.49. The van der Waals surface area contributed by atoms with Crippen molar-refractivity contribution in [2.24, 2.45) is 0 Å². The molecule has 1 N–H and O–H groups in total. The summed E-state index contributed by atoms with van der Waals surface area (Å²) in [5, 5.41) is 8.86. The van der Waals surface area contributed by atoms with E-state index in [2.05, 4.69) is 26.0 Å². The Hall–Kier alpha value is -1.13. The molecule has 0 saturated heterocycles. The molecule has 0 spiro atoms. The van der Waals surface area contributed by atoms with E-state index in [0.29, 0.717) is 6.61 Å². The molecule has 0 aromatic carbocycles. The maximum Gasteiger partial charge on any atom is 0.306 e. The molecule has 0 amide bonds. The smallest absolute Gasteiger partial charge is 0.306 e. The van der Waals surface area contributed by atoms with Crippen molar-refractivity contribution < 1.29 is 14.6 Å². The summed E-state index contributed by atoms with van der Waals surface area (Å²) in [5.41, 5.74) is 2.32. The number of ether oxygens (including phenoxy) is 1. The van der Waals surface area contributed by atoms with E-state index in [9.17, 15) is 4.79 Å². The van der Waals surface area contributed by atoms with Crippen LogP contribution in [0.25, 0.3) is 6.08 Å². The average Bonchev–Trinajstić information content (AvgIpc) is 2.59. The first-order chi connectivity index (χ1) is 8.06. The number of carboxylic acids is 1. The van der Waals surface area contributed by atoms with E-state index in [1.165, 1.54) is 15.3 Å². The molecule has 0 bridgehead atoms. The third-order valence-corrected chi connectivity index (χ3v) is 3.80. The fourth-order valence-corrected chi connectivity index (χ4v) is 3.26. The predicted octanol–water partition coefficient (Wildman–Crippen LogP) is 3.26. The standard InChI is InChI=1S/C13H16O3S/c1-8(2)5-9-6-10-11(7-13(14)15)16-4-3-12(10)17-9/h5-6,11H,3-4,7H2,1-2H3,(H,14,15). The van der Waals surface area contributed by atoms with Crippen LogP contribution in [0.1, 0.15) is 41.7 Å². The van der Waals surface area contributed by atoms with Gasteiger partial charge in [0.25, 0.3) is 0 Å². The zero-order valence-corrected chi connectivity index (χ0v) is 10.8. The van der Waals surface area contributed by atoms with Gasteiger partial charge >= 0.3 is 5.97 Å². The lowest BCUT2D eigenvalue weighted by Gasteiger charge is -2.21. The summed E-state index contributed by atoms with van der Waals surface area (Å²) in [6, 6.07) is 2.07. The second kappa shape index (κ2) is 5.02. The number of rotatable bonds is 3. The van der Waals surface area contributed by atoms with E-state index in [1.54, 1.807) is 11.3 Å². The third kappa shape index (κ3) is 2.96. The summed E-state index contributed by atoms with van der Waals surface area (Å²) in [4.78, 5) is 13.2. The minimum atomic E-state index is -0.808. The van der Waals surface area contributed by atoms with Gasteiger partial charge in [-0.2, -0.15) is 0 Å². The monoisotopic (exact) mass is 252 g/mol. The molecule has 92 valence electrons. The molecular weight excluding hydrogens is 236 g/mol. The zero-order valence-electron chi connectivity index (χ0n) is 10.0. The van der Waals surface area contributed by atoms with Crippen LogP contribution in [0, 0.1) is 0 Å². The molecule has 1 aliphatic rings. The van der Waals surface area contributed by atoms with Crippen LogP contribution in [-0.4, -0.2) is 17.7 Å². The van der Waals surface area contributed by atoms with Gasteiger partial charge in [0.05, 0.1) is 19.1 Å². The van der Waals surface area contributed by atoms with Crippen LogP contribution in [0.15, 0.2) is 11.6 Å². The molecule has 0 fully saturated rings. The number of thiophene rings is 1. The summed E-state index contributed by atoms with van der Waals surface area (Å²) < 4.78 is 5.54. The highest BCUT2D eigenvalue weighted by Gasteiger charge is 2.25. The largest absolute Gasteiger partial charge is 0.481 e. The van der Waals surface area contributed by atoms with Gasteiger partial charge in [-0.15, -0.1) is 11.3 Å². The summed E-state index contributed by atoms with van der Waals surface area (Å²) in [6.45, 7) is 4.74. The Bertz CT molecular complexity index is 455. The van der Waals surface area contributed by atoms with E-state index < -0.39 is 5.97 Å². The van der Waals surface area contributed by atoms with Gasteiger partial charge in [0.1, 0.15) is 0 Å². The van der Waals surface area contributed by atoms with Crippen LogP contribution in [0.3, 0.4) is 0 Å². The Morgan fingerprint density at radius 2 is 2.41 bits per heavy atom.